The van der Waals surface area contributed by atoms with Crippen LogP contribution >= 0.6 is 0 Å². The predicted molar refractivity (Wildman–Crippen MR) is 65.2 cm³/mol. The van der Waals surface area contributed by atoms with Gasteiger partial charge in [0.1, 0.15) is 17.6 Å². The van der Waals surface area contributed by atoms with E-state index in [1.54, 1.807) is 0 Å². The molecule has 6 nitrogen and oxygen atoms in total. The summed E-state index contributed by atoms with van der Waals surface area (Å²) in [6.07, 6.45) is -1.79. The summed E-state index contributed by atoms with van der Waals surface area (Å²) in [6.45, 7) is -0.612. The molecule has 1 aliphatic carbocycles. The van der Waals surface area contributed by atoms with Crippen LogP contribution in [0.3, 0.4) is 0 Å². The van der Waals surface area contributed by atoms with E-state index in [9.17, 15) is 20.1 Å². The fourth-order valence-corrected chi connectivity index (χ4v) is 2.37. The lowest BCUT2D eigenvalue weighted by molar-refractivity contribution is 0.0860. The van der Waals surface area contributed by atoms with Gasteiger partial charge in [-0.25, -0.2) is 0 Å². The van der Waals surface area contributed by atoms with E-state index in [1.807, 2.05) is 0 Å². The van der Waals surface area contributed by atoms with Crippen LogP contribution in [0.2, 0.25) is 0 Å². The van der Waals surface area contributed by atoms with Gasteiger partial charge < -0.3 is 25.2 Å². The largest absolute Gasteiger partial charge is 0.507 e. The zero-order chi connectivity index (χ0) is 14.2. The second-order valence-corrected chi connectivity index (χ2v) is 4.48. The Hall–Kier alpha value is -1.63. The van der Waals surface area contributed by atoms with Gasteiger partial charge in [-0.15, -0.1) is 0 Å². The molecule has 2 atom stereocenters. The number of aromatic hydroxyl groups is 1. The van der Waals surface area contributed by atoms with Crippen LogP contribution < -0.4 is 4.74 Å². The Kier molecular flexibility index (Phi) is 3.75. The Bertz CT molecular complexity index is 510. The number of rotatable bonds is 3. The van der Waals surface area contributed by atoms with E-state index in [0.717, 1.165) is 0 Å². The van der Waals surface area contributed by atoms with Gasteiger partial charge in [0, 0.05) is 6.42 Å². The van der Waals surface area contributed by atoms with Crippen molar-refractivity contribution in [3.8, 4) is 11.5 Å². The number of phenolic OH excluding ortho intramolecular Hbond substituents is 1. The van der Waals surface area contributed by atoms with Gasteiger partial charge in [0.15, 0.2) is 5.78 Å². The van der Waals surface area contributed by atoms with Crippen molar-refractivity contribution in [3.05, 3.63) is 22.8 Å². The number of Topliss-reactive ketones (excluding diaryl/α,β-unsaturated/α-hetero) is 1. The van der Waals surface area contributed by atoms with Crippen molar-refractivity contribution in [1.82, 2.24) is 0 Å². The number of carbonyl (C=O) groups is 1. The topological polar surface area (TPSA) is 107 Å². The van der Waals surface area contributed by atoms with Gasteiger partial charge in [0.25, 0.3) is 0 Å². The number of hydrogen-bond acceptors (Lipinski definition) is 6. The summed E-state index contributed by atoms with van der Waals surface area (Å²) in [5.41, 5.74) is 0.257. The first kappa shape index (κ1) is 13.8. The van der Waals surface area contributed by atoms with E-state index in [2.05, 4.69) is 0 Å². The number of methoxy groups -OCH3 is 1. The minimum Gasteiger partial charge on any atom is -0.507 e. The maximum absolute atomic E-state index is 11.9. The van der Waals surface area contributed by atoms with Crippen molar-refractivity contribution in [2.75, 3.05) is 13.7 Å². The van der Waals surface area contributed by atoms with E-state index in [-0.39, 0.29) is 35.5 Å². The van der Waals surface area contributed by atoms with E-state index < -0.39 is 24.6 Å². The zero-order valence-electron chi connectivity index (χ0n) is 10.5. The Labute approximate surface area is 109 Å². The van der Waals surface area contributed by atoms with E-state index in [4.69, 9.17) is 9.84 Å². The highest BCUT2D eigenvalue weighted by atomic mass is 16.5. The van der Waals surface area contributed by atoms with Crippen LogP contribution in [0.4, 0.5) is 0 Å². The maximum Gasteiger partial charge on any atom is 0.167 e. The van der Waals surface area contributed by atoms with Gasteiger partial charge in [0.2, 0.25) is 0 Å². The normalized spacial score (nSPS) is 20.0. The molecule has 0 heterocycles. The summed E-state index contributed by atoms with van der Waals surface area (Å²) in [6, 6.07) is 1.42. The van der Waals surface area contributed by atoms with Gasteiger partial charge in [-0.1, -0.05) is 0 Å². The summed E-state index contributed by atoms with van der Waals surface area (Å²) < 4.78 is 5.05. The quantitative estimate of drug-likeness (QED) is 0.633. The average molecular weight is 268 g/mol. The van der Waals surface area contributed by atoms with Crippen LogP contribution in [0.1, 0.15) is 46.5 Å². The van der Waals surface area contributed by atoms with Gasteiger partial charge in [-0.2, -0.15) is 0 Å². The molecule has 19 heavy (non-hydrogen) atoms. The molecule has 4 N–H and O–H groups in total. The lowest BCUT2D eigenvalue weighted by Gasteiger charge is -2.25. The summed E-state index contributed by atoms with van der Waals surface area (Å²) in [5.74, 6) is -0.599. The number of fused-ring (bicyclic) bond motifs is 1. The van der Waals surface area contributed by atoms with Crippen LogP contribution in [0.25, 0.3) is 0 Å². The number of benzene rings is 1. The summed E-state index contributed by atoms with van der Waals surface area (Å²) in [5, 5.41) is 38.7. The second kappa shape index (κ2) is 5.16. The van der Waals surface area contributed by atoms with Crippen molar-refractivity contribution in [2.24, 2.45) is 0 Å². The van der Waals surface area contributed by atoms with Gasteiger partial charge in [-0.3, -0.25) is 4.79 Å². The standard InChI is InChI=1S/C13H16O6/c1-19-10-4-6-7(15)2-3-8(16)11(6)13(18)12(10)9(17)5-14/h4,7,9,14-15,17-18H,2-3,5H2,1H3/t7-,9-/m0/s1. The molecular weight excluding hydrogens is 252 g/mol. The molecule has 0 aromatic heterocycles. The SMILES string of the molecule is COc1cc2c(c(O)c1[C@@H](O)CO)C(=O)CC[C@@H]2O. The molecule has 0 fully saturated rings. The molecule has 0 saturated carbocycles. The second-order valence-electron chi connectivity index (χ2n) is 4.48. The third-order valence-corrected chi connectivity index (χ3v) is 3.34. The molecule has 1 aromatic rings. The molecule has 0 bridgehead atoms. The Morgan fingerprint density at radius 1 is 1.53 bits per heavy atom. The highest BCUT2D eigenvalue weighted by molar-refractivity contribution is 6.02. The van der Waals surface area contributed by atoms with Crippen molar-refractivity contribution in [1.29, 1.82) is 0 Å². The number of aliphatic hydroxyl groups excluding tert-OH is 3. The molecule has 1 aliphatic rings. The van der Waals surface area contributed by atoms with E-state index >= 15 is 0 Å². The van der Waals surface area contributed by atoms with Crippen LogP contribution in [0.15, 0.2) is 6.07 Å². The minimum absolute atomic E-state index is 0.00190. The first-order chi connectivity index (χ1) is 9.01. The molecule has 2 rings (SSSR count). The molecule has 6 heteroatoms. The van der Waals surface area contributed by atoms with Crippen LogP contribution in [0.5, 0.6) is 11.5 Å². The number of ketones is 1. The minimum atomic E-state index is -1.35. The smallest absolute Gasteiger partial charge is 0.167 e. The zero-order valence-corrected chi connectivity index (χ0v) is 10.5. The van der Waals surface area contributed by atoms with Gasteiger partial charge in [0.05, 0.1) is 30.9 Å². The summed E-state index contributed by atoms with van der Waals surface area (Å²) >= 11 is 0. The fraction of sp³-hybridized carbons (Fsp3) is 0.462. The van der Waals surface area contributed by atoms with Crippen molar-refractivity contribution in [3.63, 3.8) is 0 Å². The summed E-state index contributed by atoms with van der Waals surface area (Å²) in [4.78, 5) is 11.9. The summed E-state index contributed by atoms with van der Waals surface area (Å²) in [7, 11) is 1.34. The molecular formula is C13H16O6. The molecule has 0 spiro atoms. The monoisotopic (exact) mass is 268 g/mol. The first-order valence-corrected chi connectivity index (χ1v) is 5.95. The van der Waals surface area contributed by atoms with Gasteiger partial charge in [-0.05, 0) is 18.1 Å². The molecule has 0 aliphatic heterocycles. The van der Waals surface area contributed by atoms with Crippen LogP contribution in [-0.4, -0.2) is 39.9 Å². The maximum atomic E-state index is 11.9. The highest BCUT2D eigenvalue weighted by Crippen LogP contribution is 2.43. The lowest BCUT2D eigenvalue weighted by Crippen LogP contribution is -2.18. The number of carbonyl (C=O) groups excluding carboxylic acids is 1. The number of aliphatic hydroxyl groups is 3. The highest BCUT2D eigenvalue weighted by Gasteiger charge is 2.32. The van der Waals surface area contributed by atoms with Crippen molar-refractivity contribution in [2.45, 2.75) is 25.0 Å². The number of ether oxygens (including phenoxy) is 1. The molecule has 0 unspecified atom stereocenters. The Morgan fingerprint density at radius 3 is 2.79 bits per heavy atom. The van der Waals surface area contributed by atoms with Gasteiger partial charge >= 0.3 is 0 Å². The predicted octanol–water partition coefficient (Wildman–Crippen LogP) is 0.436. The molecule has 1 aromatic carbocycles. The number of hydrogen-bond donors (Lipinski definition) is 4. The Balaban J connectivity index is 2.70. The van der Waals surface area contributed by atoms with Crippen molar-refractivity contribution < 1.29 is 30.0 Å². The fourth-order valence-electron chi connectivity index (χ4n) is 2.37. The third-order valence-electron chi connectivity index (χ3n) is 3.34. The first-order valence-electron chi connectivity index (χ1n) is 5.95. The van der Waals surface area contributed by atoms with Crippen LogP contribution in [-0.2, 0) is 0 Å². The Morgan fingerprint density at radius 2 is 2.21 bits per heavy atom. The van der Waals surface area contributed by atoms with E-state index in [0.29, 0.717) is 5.56 Å². The molecule has 104 valence electrons. The van der Waals surface area contributed by atoms with Crippen molar-refractivity contribution >= 4 is 5.78 Å². The van der Waals surface area contributed by atoms with Crippen LogP contribution in [0, 0.1) is 0 Å². The third kappa shape index (κ3) is 2.18. The molecule has 0 amide bonds. The molecule has 0 saturated heterocycles. The average Bonchev–Trinajstić information content (AvgIpc) is 2.41. The number of phenols is 1. The van der Waals surface area contributed by atoms with E-state index in [1.165, 1.54) is 13.2 Å². The lowest BCUT2D eigenvalue weighted by atomic mass is 9.85. The molecule has 0 radical (unpaired) electrons.